The maximum absolute atomic E-state index is 12.1. The summed E-state index contributed by atoms with van der Waals surface area (Å²) in [5.41, 5.74) is 1.85. The van der Waals surface area contributed by atoms with E-state index in [1.807, 2.05) is 19.9 Å². The molecule has 6 heteroatoms. The van der Waals surface area contributed by atoms with Crippen molar-refractivity contribution < 1.29 is 14.3 Å². The zero-order valence-corrected chi connectivity index (χ0v) is 13.6. The van der Waals surface area contributed by atoms with Crippen molar-refractivity contribution in [2.45, 2.75) is 20.3 Å². The molecule has 1 heterocycles. The Hall–Kier alpha value is -1.40. The van der Waals surface area contributed by atoms with Crippen molar-refractivity contribution in [1.29, 1.82) is 0 Å². The fraction of sp³-hybridized carbons (Fsp3) is 0.400. The number of thiocarbonyl (C=S) groups is 1. The molecule has 2 aliphatic rings. The van der Waals surface area contributed by atoms with Gasteiger partial charge in [-0.15, -0.1) is 0 Å². The van der Waals surface area contributed by atoms with Crippen LogP contribution in [-0.4, -0.2) is 22.8 Å². The molecule has 2 unspecified atom stereocenters. The molecule has 0 aromatic rings. The van der Waals surface area contributed by atoms with Crippen LogP contribution >= 0.6 is 24.0 Å². The van der Waals surface area contributed by atoms with Crippen LogP contribution in [0, 0.1) is 11.8 Å². The molecule has 112 valence electrons. The lowest BCUT2D eigenvalue weighted by Gasteiger charge is -2.28. The van der Waals surface area contributed by atoms with E-state index in [1.165, 1.54) is 11.8 Å². The standard InChI is InChI=1S/C15H17NO3S2/c1-4-5-19-14(18)11-8(2)6-10(7-9(11)3)12-13(17)16-15(20)21-12/h4,6,9,11H,1,5,7H2,2-3H3,(H,16,17,20)/b12-10+. The van der Waals surface area contributed by atoms with E-state index >= 15 is 0 Å². The molecule has 1 aliphatic carbocycles. The fourth-order valence-electron chi connectivity index (χ4n) is 2.67. The Bertz CT molecular complexity index is 577. The molecule has 0 spiro atoms. The largest absolute Gasteiger partial charge is 0.461 e. The number of hydrogen-bond donors (Lipinski definition) is 1. The van der Waals surface area contributed by atoms with Gasteiger partial charge in [0.05, 0.1) is 10.8 Å². The molecular weight excluding hydrogens is 306 g/mol. The molecule has 0 radical (unpaired) electrons. The van der Waals surface area contributed by atoms with Crippen LogP contribution in [0.15, 0.2) is 34.8 Å². The second-order valence-electron chi connectivity index (χ2n) is 5.16. The van der Waals surface area contributed by atoms with E-state index in [9.17, 15) is 9.59 Å². The lowest BCUT2D eigenvalue weighted by Crippen LogP contribution is -2.29. The van der Waals surface area contributed by atoms with Crippen molar-refractivity contribution in [1.82, 2.24) is 5.32 Å². The smallest absolute Gasteiger partial charge is 0.313 e. The molecule has 0 bridgehead atoms. The third kappa shape index (κ3) is 3.44. The molecule has 0 aromatic carbocycles. The second-order valence-corrected chi connectivity index (χ2v) is 6.85. The van der Waals surface area contributed by atoms with E-state index < -0.39 is 0 Å². The summed E-state index contributed by atoms with van der Waals surface area (Å²) in [7, 11) is 0. The highest BCUT2D eigenvalue weighted by molar-refractivity contribution is 8.26. The maximum atomic E-state index is 12.1. The van der Waals surface area contributed by atoms with Crippen molar-refractivity contribution in [3.05, 3.63) is 34.8 Å². The van der Waals surface area contributed by atoms with Gasteiger partial charge in [-0.25, -0.2) is 0 Å². The van der Waals surface area contributed by atoms with Gasteiger partial charge in [-0.2, -0.15) is 0 Å². The van der Waals surface area contributed by atoms with Crippen LogP contribution < -0.4 is 5.32 Å². The molecule has 1 amide bonds. The zero-order chi connectivity index (χ0) is 15.6. The SMILES string of the molecule is C=CCOC(=O)C1C(C)=C/C(=C2\SC(=S)NC2=O)CC1C. The molecule has 0 saturated carbocycles. The van der Waals surface area contributed by atoms with E-state index in [2.05, 4.69) is 11.9 Å². The fourth-order valence-corrected chi connectivity index (χ4v) is 3.76. The van der Waals surface area contributed by atoms with Gasteiger partial charge in [-0.05, 0) is 24.8 Å². The summed E-state index contributed by atoms with van der Waals surface area (Å²) in [5.74, 6) is -0.573. The molecule has 1 N–H and O–H groups in total. The molecule has 1 saturated heterocycles. The van der Waals surface area contributed by atoms with Crippen LogP contribution in [0.1, 0.15) is 20.3 Å². The quantitative estimate of drug-likeness (QED) is 0.374. The summed E-state index contributed by atoms with van der Waals surface area (Å²) in [6.07, 6.45) is 4.12. The number of carbonyl (C=O) groups excluding carboxylic acids is 2. The first-order valence-corrected chi connectivity index (χ1v) is 7.88. The van der Waals surface area contributed by atoms with Crippen molar-refractivity contribution in [2.24, 2.45) is 11.8 Å². The van der Waals surface area contributed by atoms with E-state index in [0.29, 0.717) is 15.6 Å². The third-order valence-corrected chi connectivity index (χ3v) is 4.80. The number of amides is 1. The Kier molecular flexibility index (Phi) is 5.00. The Morgan fingerprint density at radius 1 is 1.67 bits per heavy atom. The van der Waals surface area contributed by atoms with Gasteiger partial charge in [0.15, 0.2) is 0 Å². The summed E-state index contributed by atoms with van der Waals surface area (Å²) in [5, 5.41) is 2.62. The first-order valence-electron chi connectivity index (χ1n) is 6.66. The minimum Gasteiger partial charge on any atom is -0.461 e. The Balaban J connectivity index is 2.26. The summed E-state index contributed by atoms with van der Waals surface area (Å²) in [6.45, 7) is 7.64. The number of nitrogens with one attached hydrogen (secondary N) is 1. The summed E-state index contributed by atoms with van der Waals surface area (Å²) in [6, 6.07) is 0. The van der Waals surface area contributed by atoms with Gasteiger partial charge in [0.1, 0.15) is 10.9 Å². The molecule has 4 nitrogen and oxygen atoms in total. The van der Waals surface area contributed by atoms with Gasteiger partial charge in [0.2, 0.25) is 0 Å². The van der Waals surface area contributed by atoms with Crippen LogP contribution in [0.2, 0.25) is 0 Å². The second kappa shape index (κ2) is 6.58. The number of thioether (sulfide) groups is 1. The van der Waals surface area contributed by atoms with Gasteiger partial charge in [-0.3, -0.25) is 9.59 Å². The number of esters is 1. The topological polar surface area (TPSA) is 55.4 Å². The Labute approximate surface area is 133 Å². The summed E-state index contributed by atoms with van der Waals surface area (Å²) in [4.78, 5) is 24.6. The molecule has 0 aromatic heterocycles. The van der Waals surface area contributed by atoms with Crippen LogP contribution in [-0.2, 0) is 14.3 Å². The first kappa shape index (κ1) is 16.0. The van der Waals surface area contributed by atoms with E-state index in [4.69, 9.17) is 17.0 Å². The molecule has 2 rings (SSSR count). The normalized spacial score (nSPS) is 29.0. The minimum atomic E-state index is -0.268. The minimum absolute atomic E-state index is 0.0809. The lowest BCUT2D eigenvalue weighted by molar-refractivity contribution is -0.147. The van der Waals surface area contributed by atoms with Crippen LogP contribution in [0.4, 0.5) is 0 Å². The van der Waals surface area contributed by atoms with E-state index in [-0.39, 0.29) is 30.3 Å². The summed E-state index contributed by atoms with van der Waals surface area (Å²) >= 11 is 6.29. The lowest BCUT2D eigenvalue weighted by atomic mass is 9.78. The number of allylic oxidation sites excluding steroid dienone is 2. The van der Waals surface area contributed by atoms with Crippen molar-refractivity contribution in [2.75, 3.05) is 6.61 Å². The Morgan fingerprint density at radius 3 is 2.90 bits per heavy atom. The molecular formula is C15H17NO3S2. The highest BCUT2D eigenvalue weighted by Crippen LogP contribution is 2.39. The first-order chi connectivity index (χ1) is 9.93. The molecule has 2 atom stereocenters. The number of carbonyl (C=O) groups is 2. The van der Waals surface area contributed by atoms with Gasteiger partial charge >= 0.3 is 5.97 Å². The molecule has 1 fully saturated rings. The number of ether oxygens (including phenoxy) is 1. The van der Waals surface area contributed by atoms with Gasteiger partial charge in [0.25, 0.3) is 5.91 Å². The third-order valence-electron chi connectivity index (χ3n) is 3.51. The van der Waals surface area contributed by atoms with Crippen molar-refractivity contribution >= 4 is 40.2 Å². The average molecular weight is 323 g/mol. The number of hydrogen-bond acceptors (Lipinski definition) is 5. The van der Waals surface area contributed by atoms with Gasteiger partial charge in [0, 0.05) is 0 Å². The Morgan fingerprint density at radius 2 is 2.38 bits per heavy atom. The predicted octanol–water partition coefficient (Wildman–Crippen LogP) is 2.72. The highest BCUT2D eigenvalue weighted by atomic mass is 32.2. The molecule has 1 aliphatic heterocycles. The predicted molar refractivity (Wildman–Crippen MR) is 87.5 cm³/mol. The van der Waals surface area contributed by atoms with Crippen LogP contribution in [0.5, 0.6) is 0 Å². The molecule has 21 heavy (non-hydrogen) atoms. The summed E-state index contributed by atoms with van der Waals surface area (Å²) < 4.78 is 5.63. The van der Waals surface area contributed by atoms with Crippen molar-refractivity contribution in [3.63, 3.8) is 0 Å². The monoisotopic (exact) mass is 323 g/mol. The van der Waals surface area contributed by atoms with Crippen LogP contribution in [0.3, 0.4) is 0 Å². The van der Waals surface area contributed by atoms with Crippen LogP contribution in [0.25, 0.3) is 0 Å². The maximum Gasteiger partial charge on any atom is 0.313 e. The van der Waals surface area contributed by atoms with Crippen molar-refractivity contribution in [3.8, 4) is 0 Å². The highest BCUT2D eigenvalue weighted by Gasteiger charge is 2.34. The van der Waals surface area contributed by atoms with Gasteiger partial charge < -0.3 is 10.1 Å². The van der Waals surface area contributed by atoms with E-state index in [0.717, 1.165) is 11.1 Å². The number of rotatable bonds is 3. The van der Waals surface area contributed by atoms with E-state index in [1.54, 1.807) is 6.08 Å². The zero-order valence-electron chi connectivity index (χ0n) is 12.0. The average Bonchev–Trinajstić information content (AvgIpc) is 2.74. The van der Waals surface area contributed by atoms with Gasteiger partial charge in [-0.1, -0.05) is 55.2 Å².